The molecule has 1 amide bonds. The van der Waals surface area contributed by atoms with Crippen molar-refractivity contribution >= 4 is 17.5 Å². The fourth-order valence-corrected chi connectivity index (χ4v) is 4.90. The molecule has 6 heteroatoms. The molecule has 22 heavy (non-hydrogen) atoms. The van der Waals surface area contributed by atoms with E-state index in [0.717, 1.165) is 19.4 Å². The summed E-state index contributed by atoms with van der Waals surface area (Å²) in [7, 11) is 2.12. The van der Waals surface area contributed by atoms with Crippen molar-refractivity contribution in [3.05, 3.63) is 23.1 Å². The fraction of sp³-hybridized carbons (Fsp3) is 0.688. The Kier molecular flexibility index (Phi) is 4.00. The van der Waals surface area contributed by atoms with Gasteiger partial charge in [0.1, 0.15) is 0 Å². The van der Waals surface area contributed by atoms with Crippen LogP contribution in [0.1, 0.15) is 37.0 Å². The SMILES string of the molecule is CC(C)C1N(C)CC12C[C@@H](O)[C@H](NC(=O)c1ccoc1Cl)C2. The molecule has 1 aliphatic carbocycles. The van der Waals surface area contributed by atoms with Gasteiger partial charge in [0.2, 0.25) is 5.22 Å². The molecule has 1 aliphatic heterocycles. The second-order valence-corrected chi connectivity index (χ2v) is 7.47. The van der Waals surface area contributed by atoms with Gasteiger partial charge in [-0.2, -0.15) is 0 Å². The minimum atomic E-state index is -0.510. The molecule has 122 valence electrons. The Bertz CT molecular complexity index is 569. The third-order valence-electron chi connectivity index (χ3n) is 5.18. The number of likely N-dealkylation sites (tertiary alicyclic amines) is 1. The first-order valence-electron chi connectivity index (χ1n) is 7.76. The van der Waals surface area contributed by atoms with Crippen molar-refractivity contribution in [2.45, 2.75) is 44.9 Å². The van der Waals surface area contributed by atoms with Crippen LogP contribution in [0.3, 0.4) is 0 Å². The van der Waals surface area contributed by atoms with Gasteiger partial charge in [0, 0.05) is 18.0 Å². The van der Waals surface area contributed by atoms with Crippen molar-refractivity contribution in [2.75, 3.05) is 13.6 Å². The highest BCUT2D eigenvalue weighted by atomic mass is 35.5. The lowest BCUT2D eigenvalue weighted by Gasteiger charge is -2.57. The fourth-order valence-electron chi connectivity index (χ4n) is 4.70. The number of aliphatic hydroxyl groups excluding tert-OH is 1. The molecule has 2 unspecified atom stereocenters. The highest BCUT2D eigenvalue weighted by Crippen LogP contribution is 2.52. The quantitative estimate of drug-likeness (QED) is 0.893. The van der Waals surface area contributed by atoms with E-state index in [1.54, 1.807) is 6.07 Å². The zero-order chi connectivity index (χ0) is 16.1. The Balaban J connectivity index is 1.70. The molecule has 1 aromatic rings. The van der Waals surface area contributed by atoms with Crippen molar-refractivity contribution in [2.24, 2.45) is 11.3 Å². The Morgan fingerprint density at radius 2 is 2.27 bits per heavy atom. The van der Waals surface area contributed by atoms with Gasteiger partial charge in [-0.1, -0.05) is 13.8 Å². The number of furan rings is 1. The summed E-state index contributed by atoms with van der Waals surface area (Å²) < 4.78 is 4.95. The molecular formula is C16H23ClN2O3. The van der Waals surface area contributed by atoms with E-state index in [-0.39, 0.29) is 22.6 Å². The van der Waals surface area contributed by atoms with E-state index >= 15 is 0 Å². The van der Waals surface area contributed by atoms with E-state index in [0.29, 0.717) is 17.5 Å². The molecule has 3 rings (SSSR count). The van der Waals surface area contributed by atoms with Crippen molar-refractivity contribution in [3.63, 3.8) is 0 Å². The van der Waals surface area contributed by atoms with Crippen LogP contribution in [0.5, 0.6) is 0 Å². The number of hydrogen-bond donors (Lipinski definition) is 2. The monoisotopic (exact) mass is 326 g/mol. The summed E-state index contributed by atoms with van der Waals surface area (Å²) in [6.45, 7) is 5.41. The number of carbonyl (C=O) groups is 1. The standard InChI is InChI=1S/C16H23ClN2O3/c1-9(2)13-16(8-19(13)3)6-11(12(20)7-16)18-15(21)10-4-5-22-14(10)17/h4-5,9,11-13,20H,6-8H2,1-3H3,(H,18,21)/t11-,12-,13?,16?/m1/s1. The first-order chi connectivity index (χ1) is 10.3. The zero-order valence-corrected chi connectivity index (χ0v) is 13.9. The predicted molar refractivity (Wildman–Crippen MR) is 83.9 cm³/mol. The number of nitrogens with one attached hydrogen (secondary N) is 1. The minimum absolute atomic E-state index is 0.0862. The molecule has 1 spiro atoms. The predicted octanol–water partition coefficient (Wildman–Crippen LogP) is 2.14. The number of nitrogens with zero attached hydrogens (tertiary/aromatic N) is 1. The lowest BCUT2D eigenvalue weighted by Crippen LogP contribution is -2.64. The van der Waals surface area contributed by atoms with Gasteiger partial charge in [-0.25, -0.2) is 0 Å². The summed E-state index contributed by atoms with van der Waals surface area (Å²) in [4.78, 5) is 14.6. The molecule has 2 aliphatic rings. The number of amides is 1. The van der Waals surface area contributed by atoms with E-state index in [1.807, 2.05) is 0 Å². The topological polar surface area (TPSA) is 65.7 Å². The average Bonchev–Trinajstić information content (AvgIpc) is 2.94. The van der Waals surface area contributed by atoms with Crippen LogP contribution in [-0.2, 0) is 0 Å². The molecule has 1 saturated heterocycles. The Labute approximate surface area is 135 Å². The van der Waals surface area contributed by atoms with Crippen LogP contribution >= 0.6 is 11.6 Å². The minimum Gasteiger partial charge on any atom is -0.452 e. The van der Waals surface area contributed by atoms with Crippen molar-refractivity contribution < 1.29 is 14.3 Å². The third-order valence-corrected chi connectivity index (χ3v) is 5.48. The highest BCUT2D eigenvalue weighted by molar-refractivity contribution is 6.32. The Morgan fingerprint density at radius 3 is 2.82 bits per heavy atom. The molecule has 5 nitrogen and oxygen atoms in total. The van der Waals surface area contributed by atoms with E-state index in [1.165, 1.54) is 6.26 Å². The van der Waals surface area contributed by atoms with Crippen molar-refractivity contribution in [3.8, 4) is 0 Å². The molecule has 0 bridgehead atoms. The largest absolute Gasteiger partial charge is 0.452 e. The van der Waals surface area contributed by atoms with Gasteiger partial charge < -0.3 is 19.7 Å². The molecular weight excluding hydrogens is 304 g/mol. The van der Waals surface area contributed by atoms with Gasteiger partial charge in [0.25, 0.3) is 5.91 Å². The Hall–Kier alpha value is -1.04. The summed E-state index contributed by atoms with van der Waals surface area (Å²) >= 11 is 5.84. The average molecular weight is 327 g/mol. The second-order valence-electron chi connectivity index (χ2n) is 7.13. The smallest absolute Gasteiger partial charge is 0.256 e. The van der Waals surface area contributed by atoms with Gasteiger partial charge in [-0.15, -0.1) is 0 Å². The maximum absolute atomic E-state index is 12.2. The van der Waals surface area contributed by atoms with E-state index in [9.17, 15) is 9.90 Å². The van der Waals surface area contributed by atoms with E-state index in [4.69, 9.17) is 16.0 Å². The molecule has 2 heterocycles. The van der Waals surface area contributed by atoms with Gasteiger partial charge in [0.15, 0.2) is 0 Å². The maximum atomic E-state index is 12.2. The first kappa shape index (κ1) is 15.8. The van der Waals surface area contributed by atoms with Crippen LogP contribution in [0, 0.1) is 11.3 Å². The molecule has 0 radical (unpaired) electrons. The first-order valence-corrected chi connectivity index (χ1v) is 8.14. The van der Waals surface area contributed by atoms with E-state index < -0.39 is 6.10 Å². The summed E-state index contributed by atoms with van der Waals surface area (Å²) in [6.07, 6.45) is 2.43. The maximum Gasteiger partial charge on any atom is 0.256 e. The third kappa shape index (κ3) is 2.45. The number of halogens is 1. The van der Waals surface area contributed by atoms with Gasteiger partial charge in [-0.3, -0.25) is 4.79 Å². The highest BCUT2D eigenvalue weighted by Gasteiger charge is 2.58. The molecule has 2 fully saturated rings. The number of hydrogen-bond acceptors (Lipinski definition) is 4. The summed E-state index contributed by atoms with van der Waals surface area (Å²) in [5.41, 5.74) is 0.432. The van der Waals surface area contributed by atoms with Crippen LogP contribution in [0.25, 0.3) is 0 Å². The molecule has 1 aromatic heterocycles. The zero-order valence-electron chi connectivity index (χ0n) is 13.2. The summed E-state index contributed by atoms with van der Waals surface area (Å²) in [5, 5.41) is 13.4. The Morgan fingerprint density at radius 1 is 1.55 bits per heavy atom. The van der Waals surface area contributed by atoms with Crippen molar-refractivity contribution in [1.82, 2.24) is 10.2 Å². The molecule has 0 aromatic carbocycles. The normalized spacial score (nSPS) is 35.1. The number of carbonyl (C=O) groups excluding carboxylic acids is 1. The second kappa shape index (κ2) is 5.55. The van der Waals surface area contributed by atoms with Crippen LogP contribution in [-0.4, -0.2) is 47.7 Å². The van der Waals surface area contributed by atoms with Crippen LogP contribution in [0.15, 0.2) is 16.7 Å². The number of rotatable bonds is 3. The van der Waals surface area contributed by atoms with Gasteiger partial charge >= 0.3 is 0 Å². The van der Waals surface area contributed by atoms with Gasteiger partial charge in [0.05, 0.1) is 24.0 Å². The van der Waals surface area contributed by atoms with Crippen LogP contribution < -0.4 is 5.32 Å². The van der Waals surface area contributed by atoms with Gasteiger partial charge in [-0.05, 0) is 43.5 Å². The van der Waals surface area contributed by atoms with Crippen molar-refractivity contribution in [1.29, 1.82) is 0 Å². The molecule has 1 saturated carbocycles. The summed E-state index contributed by atoms with van der Waals surface area (Å²) in [5.74, 6) is 0.248. The lowest BCUT2D eigenvalue weighted by molar-refractivity contribution is -0.0827. The molecule has 2 N–H and O–H groups in total. The van der Waals surface area contributed by atoms with E-state index in [2.05, 4.69) is 31.1 Å². The molecule has 4 atom stereocenters. The number of aliphatic hydroxyl groups is 1. The van der Waals surface area contributed by atoms with Crippen LogP contribution in [0.4, 0.5) is 0 Å². The van der Waals surface area contributed by atoms with Crippen LogP contribution in [0.2, 0.25) is 5.22 Å². The summed E-state index contributed by atoms with van der Waals surface area (Å²) in [6, 6.07) is 1.78. The lowest BCUT2D eigenvalue weighted by atomic mass is 9.66.